The molecule has 0 saturated carbocycles. The molecule has 14 heavy (non-hydrogen) atoms. The second-order valence-electron chi connectivity index (χ2n) is 2.44. The largest absolute Gasteiger partial charge is 0.480 e. The maximum Gasteiger partial charge on any atom is 0.348 e. The quantitative estimate of drug-likeness (QED) is 0.596. The number of ether oxygens (including phenoxy) is 1. The topological polar surface area (TPSA) is 72.6 Å². The van der Waals surface area contributed by atoms with Crippen molar-refractivity contribution in [3.05, 3.63) is 16.1 Å². The van der Waals surface area contributed by atoms with Crippen molar-refractivity contribution in [1.82, 2.24) is 4.98 Å². The van der Waals surface area contributed by atoms with Crippen molar-refractivity contribution >= 4 is 18.2 Å². The first-order valence-corrected chi connectivity index (χ1v) is 4.35. The molecule has 5 nitrogen and oxygen atoms in total. The molecule has 0 bridgehead atoms. The lowest BCUT2D eigenvalue weighted by Crippen LogP contribution is -2.07. The molecule has 1 aromatic heterocycles. The fraction of sp³-hybridized carbons (Fsp3) is 0.375. The zero-order chi connectivity index (χ0) is 10.7. The lowest BCUT2D eigenvalue weighted by molar-refractivity contribution is 0.0515. The molecule has 1 aromatic rings. The molecule has 0 spiro atoms. The molecule has 76 valence electrons. The molecule has 0 fully saturated rings. The van der Waals surface area contributed by atoms with E-state index < -0.39 is 11.9 Å². The predicted molar refractivity (Wildman–Crippen MR) is 49.7 cm³/mol. The highest BCUT2D eigenvalue weighted by Gasteiger charge is 2.18. The Balaban J connectivity index is 3.21. The van der Waals surface area contributed by atoms with E-state index >= 15 is 0 Å². The van der Waals surface area contributed by atoms with Gasteiger partial charge >= 0.3 is 11.9 Å². The molecule has 0 aliphatic heterocycles. The van der Waals surface area contributed by atoms with E-state index in [1.807, 2.05) is 0 Å². The summed E-state index contributed by atoms with van der Waals surface area (Å²) >= 11 is 4.79. The van der Waals surface area contributed by atoms with E-state index in [9.17, 15) is 9.90 Å². The van der Waals surface area contributed by atoms with Gasteiger partial charge in [-0.05, 0) is 6.92 Å². The maximum atomic E-state index is 11.2. The van der Waals surface area contributed by atoms with E-state index in [2.05, 4.69) is 9.72 Å². The van der Waals surface area contributed by atoms with Crippen molar-refractivity contribution in [2.24, 2.45) is 0 Å². The van der Waals surface area contributed by atoms with Crippen LogP contribution in [0.15, 0.2) is 4.42 Å². The van der Waals surface area contributed by atoms with Crippen LogP contribution in [-0.2, 0) is 4.74 Å². The normalized spacial score (nSPS) is 9.86. The van der Waals surface area contributed by atoms with Crippen molar-refractivity contribution in [1.29, 1.82) is 0 Å². The van der Waals surface area contributed by atoms with Crippen LogP contribution in [0.3, 0.4) is 0 Å². The number of carbonyl (C=O) groups excluding carboxylic acids is 1. The van der Waals surface area contributed by atoms with Crippen molar-refractivity contribution in [3.63, 3.8) is 0 Å². The standard InChI is InChI=1S/C8H9NO4S/c1-3-12-7(10)5-6(14)9-4(2)13-8(5)11/h11H,3H2,1-2H3. The van der Waals surface area contributed by atoms with Gasteiger partial charge < -0.3 is 14.3 Å². The Hall–Kier alpha value is -1.43. The van der Waals surface area contributed by atoms with Gasteiger partial charge in [0.05, 0.1) is 6.61 Å². The molecular formula is C8H9NO4S. The van der Waals surface area contributed by atoms with Crippen molar-refractivity contribution < 1.29 is 19.1 Å². The fourth-order valence-electron chi connectivity index (χ4n) is 0.882. The Morgan fingerprint density at radius 1 is 1.71 bits per heavy atom. The summed E-state index contributed by atoms with van der Waals surface area (Å²) in [4.78, 5) is 15.0. The molecule has 0 unspecified atom stereocenters. The summed E-state index contributed by atoms with van der Waals surface area (Å²) in [7, 11) is 0. The fourth-order valence-corrected chi connectivity index (χ4v) is 1.18. The van der Waals surface area contributed by atoms with Crippen molar-refractivity contribution in [2.45, 2.75) is 13.8 Å². The molecule has 6 heteroatoms. The molecule has 0 atom stereocenters. The number of hydrogen-bond acceptors (Lipinski definition) is 6. The van der Waals surface area contributed by atoms with Crippen LogP contribution in [0.2, 0.25) is 0 Å². The third-order valence-corrected chi connectivity index (χ3v) is 1.71. The number of aromatic nitrogens is 1. The summed E-state index contributed by atoms with van der Waals surface area (Å²) in [5, 5.41) is 9.30. The number of esters is 1. The highest BCUT2D eigenvalue weighted by molar-refractivity contribution is 7.71. The van der Waals surface area contributed by atoms with Crippen LogP contribution in [0.4, 0.5) is 0 Å². The smallest absolute Gasteiger partial charge is 0.348 e. The third kappa shape index (κ3) is 2.08. The van der Waals surface area contributed by atoms with Crippen LogP contribution in [-0.4, -0.2) is 22.7 Å². The minimum atomic E-state index is -0.730. The van der Waals surface area contributed by atoms with Crippen LogP contribution in [0.5, 0.6) is 5.95 Å². The molecule has 0 radical (unpaired) electrons. The number of rotatable bonds is 2. The van der Waals surface area contributed by atoms with E-state index in [4.69, 9.17) is 16.6 Å². The van der Waals surface area contributed by atoms with Gasteiger partial charge in [0.25, 0.3) is 0 Å². The minimum Gasteiger partial charge on any atom is -0.480 e. The van der Waals surface area contributed by atoms with Gasteiger partial charge in [-0.3, -0.25) is 0 Å². The Morgan fingerprint density at radius 2 is 2.36 bits per heavy atom. The molecule has 1 heterocycles. The van der Waals surface area contributed by atoms with E-state index in [0.29, 0.717) is 0 Å². The highest BCUT2D eigenvalue weighted by atomic mass is 32.1. The van der Waals surface area contributed by atoms with Crippen LogP contribution < -0.4 is 0 Å². The average molecular weight is 215 g/mol. The lowest BCUT2D eigenvalue weighted by Gasteiger charge is -2.03. The molecule has 0 aromatic carbocycles. The number of nitrogens with zero attached hydrogens (tertiary/aromatic N) is 1. The molecule has 0 aliphatic rings. The summed E-state index contributed by atoms with van der Waals surface area (Å²) in [5.41, 5.74) is -0.201. The third-order valence-electron chi connectivity index (χ3n) is 1.41. The van der Waals surface area contributed by atoms with E-state index in [1.54, 1.807) is 6.92 Å². The Bertz CT molecular complexity index is 412. The maximum absolute atomic E-state index is 11.2. The van der Waals surface area contributed by atoms with Crippen LogP contribution in [0.25, 0.3) is 0 Å². The van der Waals surface area contributed by atoms with Gasteiger partial charge in [0.15, 0.2) is 16.1 Å². The first kappa shape index (κ1) is 10.6. The number of aromatic hydroxyl groups is 1. The van der Waals surface area contributed by atoms with E-state index in [1.165, 1.54) is 6.92 Å². The Kier molecular flexibility index (Phi) is 3.19. The van der Waals surface area contributed by atoms with E-state index in [-0.39, 0.29) is 22.7 Å². The second kappa shape index (κ2) is 4.19. The van der Waals surface area contributed by atoms with Crippen LogP contribution >= 0.6 is 12.2 Å². The zero-order valence-corrected chi connectivity index (χ0v) is 8.55. The molecule has 1 N–H and O–H groups in total. The van der Waals surface area contributed by atoms with Gasteiger partial charge in [0, 0.05) is 6.92 Å². The summed E-state index contributed by atoms with van der Waals surface area (Å²) in [6, 6.07) is 0. The number of carbonyl (C=O) groups is 1. The highest BCUT2D eigenvalue weighted by Crippen LogP contribution is 2.19. The molecule has 0 aliphatic carbocycles. The molecular weight excluding hydrogens is 206 g/mol. The average Bonchev–Trinajstić information content (AvgIpc) is 2.01. The van der Waals surface area contributed by atoms with E-state index in [0.717, 1.165) is 0 Å². The van der Waals surface area contributed by atoms with Gasteiger partial charge in [-0.2, -0.15) is 0 Å². The number of hydrogen-bond donors (Lipinski definition) is 1. The molecule has 1 rings (SSSR count). The second-order valence-corrected chi connectivity index (χ2v) is 2.83. The predicted octanol–water partition coefficient (Wildman–Crippen LogP) is 1.59. The first-order chi connectivity index (χ1) is 6.56. The van der Waals surface area contributed by atoms with Gasteiger partial charge in [-0.1, -0.05) is 12.2 Å². The summed E-state index contributed by atoms with van der Waals surface area (Å²) < 4.78 is 9.37. The molecule has 0 saturated heterocycles. The zero-order valence-electron chi connectivity index (χ0n) is 7.73. The monoisotopic (exact) mass is 215 g/mol. The van der Waals surface area contributed by atoms with Gasteiger partial charge in [0.1, 0.15) is 0 Å². The van der Waals surface area contributed by atoms with Crippen molar-refractivity contribution in [3.8, 4) is 5.95 Å². The summed E-state index contributed by atoms with van der Waals surface area (Å²) in [6.45, 7) is 3.36. The SMILES string of the molecule is CCOC(=O)c1c(O)oc(C)nc1=S. The van der Waals surface area contributed by atoms with Crippen LogP contribution in [0, 0.1) is 11.6 Å². The van der Waals surface area contributed by atoms with Crippen molar-refractivity contribution in [2.75, 3.05) is 6.61 Å². The van der Waals surface area contributed by atoms with Gasteiger partial charge in [-0.25, -0.2) is 9.78 Å². The minimum absolute atomic E-state index is 0.0234. The summed E-state index contributed by atoms with van der Waals surface area (Å²) in [6.07, 6.45) is 0. The number of aryl methyl sites for hydroxylation is 1. The van der Waals surface area contributed by atoms with Gasteiger partial charge in [-0.15, -0.1) is 0 Å². The lowest BCUT2D eigenvalue weighted by atomic mass is 10.3. The first-order valence-electron chi connectivity index (χ1n) is 3.94. The summed E-state index contributed by atoms with van der Waals surface area (Å²) in [5.74, 6) is -1.09. The Morgan fingerprint density at radius 3 is 2.86 bits per heavy atom. The van der Waals surface area contributed by atoms with Crippen LogP contribution in [0.1, 0.15) is 23.2 Å². The van der Waals surface area contributed by atoms with Gasteiger partial charge in [0.2, 0.25) is 0 Å². The Labute approximate surface area is 85.3 Å². The molecule has 0 amide bonds.